The smallest absolute Gasteiger partial charge is 0.231 e. The van der Waals surface area contributed by atoms with E-state index in [1.165, 1.54) is 11.3 Å². The van der Waals surface area contributed by atoms with E-state index in [1.807, 2.05) is 12.1 Å². The van der Waals surface area contributed by atoms with Gasteiger partial charge in [0.15, 0.2) is 5.13 Å². The highest BCUT2D eigenvalue weighted by Crippen LogP contribution is 2.27. The van der Waals surface area contributed by atoms with Crippen molar-refractivity contribution in [2.45, 2.75) is 6.42 Å². The number of anilines is 2. The zero-order valence-electron chi connectivity index (χ0n) is 11.6. The van der Waals surface area contributed by atoms with Gasteiger partial charge in [-0.25, -0.2) is 4.98 Å². The number of nitrogens with two attached hydrogens (primary N) is 2. The highest BCUT2D eigenvalue weighted by molar-refractivity contribution is 7.22. The van der Waals surface area contributed by atoms with E-state index < -0.39 is 5.91 Å². The fourth-order valence-electron chi connectivity index (χ4n) is 1.81. The number of nitrogen functional groups attached to an aromatic ring is 1. The fraction of sp³-hybridized carbons (Fsp3) is 0.308. The molecule has 112 valence electrons. The lowest BCUT2D eigenvalue weighted by Crippen LogP contribution is -2.32. The van der Waals surface area contributed by atoms with Crippen molar-refractivity contribution in [2.75, 3.05) is 31.2 Å². The lowest BCUT2D eigenvalue weighted by molar-refractivity contribution is -0.120. The topological polar surface area (TPSA) is 114 Å². The van der Waals surface area contributed by atoms with Crippen molar-refractivity contribution in [1.29, 1.82) is 0 Å². The maximum atomic E-state index is 11.8. The number of likely N-dealkylation sites (N-methyl/N-ethyl adjacent to an activating group) is 1. The molecular weight excluding hydrogens is 290 g/mol. The standard InChI is InChI=1S/C13H17N5O2S/c1-18(7-11(15)19)5-4-12(20)17-13-16-9-3-2-8(14)6-10(9)21-13/h2-3,6H,4-5,7,14H2,1H3,(H2,15,19)(H,16,17,20). The fourth-order valence-corrected chi connectivity index (χ4v) is 2.74. The van der Waals surface area contributed by atoms with Gasteiger partial charge < -0.3 is 16.8 Å². The number of amides is 2. The van der Waals surface area contributed by atoms with Crippen LogP contribution in [-0.2, 0) is 9.59 Å². The minimum atomic E-state index is -0.415. The van der Waals surface area contributed by atoms with Crippen LogP contribution in [0.4, 0.5) is 10.8 Å². The Hall–Kier alpha value is -2.19. The molecule has 0 aliphatic rings. The number of thiazole rings is 1. The van der Waals surface area contributed by atoms with E-state index in [9.17, 15) is 9.59 Å². The molecule has 2 rings (SSSR count). The second-order valence-corrected chi connectivity index (χ2v) is 5.78. The van der Waals surface area contributed by atoms with Crippen LogP contribution in [0.2, 0.25) is 0 Å². The highest BCUT2D eigenvalue weighted by Gasteiger charge is 2.10. The number of hydrogen-bond donors (Lipinski definition) is 3. The van der Waals surface area contributed by atoms with Gasteiger partial charge in [-0.2, -0.15) is 0 Å². The lowest BCUT2D eigenvalue weighted by atomic mass is 10.3. The summed E-state index contributed by atoms with van der Waals surface area (Å²) in [4.78, 5) is 28.6. The van der Waals surface area contributed by atoms with Crippen LogP contribution in [0.25, 0.3) is 10.2 Å². The largest absolute Gasteiger partial charge is 0.399 e. The molecule has 1 aromatic heterocycles. The number of carbonyl (C=O) groups excluding carboxylic acids is 2. The third-order valence-corrected chi connectivity index (χ3v) is 3.74. The van der Waals surface area contributed by atoms with E-state index in [4.69, 9.17) is 11.5 Å². The Balaban J connectivity index is 1.90. The van der Waals surface area contributed by atoms with Crippen LogP contribution in [0, 0.1) is 0 Å². The molecule has 0 bridgehead atoms. The van der Waals surface area contributed by atoms with Crippen LogP contribution < -0.4 is 16.8 Å². The van der Waals surface area contributed by atoms with Gasteiger partial charge in [-0.3, -0.25) is 14.5 Å². The van der Waals surface area contributed by atoms with Gasteiger partial charge in [0.2, 0.25) is 11.8 Å². The van der Waals surface area contributed by atoms with Crippen molar-refractivity contribution in [3.63, 3.8) is 0 Å². The average molecular weight is 307 g/mol. The quantitative estimate of drug-likeness (QED) is 0.677. The Morgan fingerprint density at radius 3 is 2.90 bits per heavy atom. The van der Waals surface area contributed by atoms with Crippen molar-refractivity contribution in [2.24, 2.45) is 5.73 Å². The van der Waals surface area contributed by atoms with E-state index in [0.717, 1.165) is 10.2 Å². The zero-order chi connectivity index (χ0) is 15.4. The molecule has 2 aromatic rings. The summed E-state index contributed by atoms with van der Waals surface area (Å²) in [5, 5.41) is 3.28. The summed E-state index contributed by atoms with van der Waals surface area (Å²) in [6, 6.07) is 5.41. The van der Waals surface area contributed by atoms with Crippen molar-refractivity contribution in [3.05, 3.63) is 18.2 Å². The number of aromatic nitrogens is 1. The minimum Gasteiger partial charge on any atom is -0.399 e. The van der Waals surface area contributed by atoms with Crippen LogP contribution >= 0.6 is 11.3 Å². The van der Waals surface area contributed by atoms with Gasteiger partial charge in [0.05, 0.1) is 16.8 Å². The molecule has 0 aliphatic carbocycles. The van der Waals surface area contributed by atoms with Gasteiger partial charge in [0.1, 0.15) is 0 Å². The van der Waals surface area contributed by atoms with Crippen LogP contribution in [0.15, 0.2) is 18.2 Å². The van der Waals surface area contributed by atoms with Gasteiger partial charge in [0.25, 0.3) is 0 Å². The molecule has 0 saturated heterocycles. The molecule has 0 unspecified atom stereocenters. The maximum absolute atomic E-state index is 11.8. The zero-order valence-corrected chi connectivity index (χ0v) is 12.4. The number of primary amides is 1. The molecular formula is C13H17N5O2S. The van der Waals surface area contributed by atoms with Crippen LogP contribution in [0.1, 0.15) is 6.42 Å². The molecule has 0 fully saturated rings. The Bertz CT molecular complexity index is 670. The van der Waals surface area contributed by atoms with Gasteiger partial charge >= 0.3 is 0 Å². The summed E-state index contributed by atoms with van der Waals surface area (Å²) in [7, 11) is 1.73. The summed E-state index contributed by atoms with van der Waals surface area (Å²) in [5.41, 5.74) is 12.2. The van der Waals surface area contributed by atoms with E-state index in [-0.39, 0.29) is 18.9 Å². The second-order valence-electron chi connectivity index (χ2n) is 4.75. The lowest BCUT2D eigenvalue weighted by Gasteiger charge is -2.13. The monoisotopic (exact) mass is 307 g/mol. The Kier molecular flexibility index (Phi) is 4.71. The van der Waals surface area contributed by atoms with Crippen LogP contribution in [0.3, 0.4) is 0 Å². The summed E-state index contributed by atoms with van der Waals surface area (Å²) in [5.74, 6) is -0.569. The number of hydrogen-bond acceptors (Lipinski definition) is 6. The molecule has 8 heteroatoms. The summed E-state index contributed by atoms with van der Waals surface area (Å²) >= 11 is 1.37. The van der Waals surface area contributed by atoms with Crippen LogP contribution in [-0.4, -0.2) is 41.8 Å². The number of nitrogens with zero attached hydrogens (tertiary/aromatic N) is 2. The SMILES string of the molecule is CN(CCC(=O)Nc1nc2ccc(N)cc2s1)CC(N)=O. The van der Waals surface area contributed by atoms with Gasteiger partial charge in [-0.05, 0) is 25.2 Å². The number of benzene rings is 1. The predicted molar refractivity (Wildman–Crippen MR) is 84.0 cm³/mol. The Labute approximate surface area is 125 Å². The first-order chi connectivity index (χ1) is 9.94. The summed E-state index contributed by atoms with van der Waals surface area (Å²) < 4.78 is 0.927. The predicted octanol–water partition coefficient (Wildman–Crippen LogP) is 0.624. The summed E-state index contributed by atoms with van der Waals surface area (Å²) in [6.45, 7) is 0.584. The summed E-state index contributed by atoms with van der Waals surface area (Å²) in [6.07, 6.45) is 0.266. The molecule has 2 amide bonds. The Morgan fingerprint density at radius 1 is 1.43 bits per heavy atom. The Morgan fingerprint density at radius 2 is 2.19 bits per heavy atom. The number of rotatable bonds is 6. The third-order valence-electron chi connectivity index (χ3n) is 2.81. The highest BCUT2D eigenvalue weighted by atomic mass is 32.1. The van der Waals surface area contributed by atoms with Crippen molar-refractivity contribution >= 4 is 44.2 Å². The molecule has 5 N–H and O–H groups in total. The number of carbonyl (C=O) groups is 2. The van der Waals surface area contributed by atoms with Crippen LogP contribution in [0.5, 0.6) is 0 Å². The molecule has 0 atom stereocenters. The normalized spacial score (nSPS) is 11.0. The molecule has 0 spiro atoms. The first kappa shape index (κ1) is 15.2. The van der Waals surface area contributed by atoms with E-state index in [1.54, 1.807) is 18.0 Å². The molecule has 1 heterocycles. The minimum absolute atomic E-state index is 0.133. The molecule has 0 radical (unpaired) electrons. The average Bonchev–Trinajstić information content (AvgIpc) is 2.76. The van der Waals surface area contributed by atoms with E-state index in [0.29, 0.717) is 17.4 Å². The number of fused-ring (bicyclic) bond motifs is 1. The molecule has 21 heavy (non-hydrogen) atoms. The van der Waals surface area contributed by atoms with Crippen molar-refractivity contribution in [3.8, 4) is 0 Å². The molecule has 7 nitrogen and oxygen atoms in total. The van der Waals surface area contributed by atoms with E-state index >= 15 is 0 Å². The van der Waals surface area contributed by atoms with Gasteiger partial charge in [-0.1, -0.05) is 11.3 Å². The number of nitrogens with one attached hydrogen (secondary N) is 1. The molecule has 1 aromatic carbocycles. The van der Waals surface area contributed by atoms with Crippen molar-refractivity contribution in [1.82, 2.24) is 9.88 Å². The van der Waals surface area contributed by atoms with Gasteiger partial charge in [-0.15, -0.1) is 0 Å². The maximum Gasteiger partial charge on any atom is 0.231 e. The molecule has 0 saturated carbocycles. The van der Waals surface area contributed by atoms with E-state index in [2.05, 4.69) is 10.3 Å². The van der Waals surface area contributed by atoms with Crippen molar-refractivity contribution < 1.29 is 9.59 Å². The third kappa shape index (κ3) is 4.40. The first-order valence-corrected chi connectivity index (χ1v) is 7.18. The molecule has 0 aliphatic heterocycles. The van der Waals surface area contributed by atoms with Gasteiger partial charge in [0, 0.05) is 18.7 Å². The second kappa shape index (κ2) is 6.51. The first-order valence-electron chi connectivity index (χ1n) is 6.37.